The van der Waals surface area contributed by atoms with Gasteiger partial charge in [-0.2, -0.15) is 0 Å². The van der Waals surface area contributed by atoms with Gasteiger partial charge in [0.15, 0.2) is 0 Å². The highest BCUT2D eigenvalue weighted by Gasteiger charge is 2.23. The van der Waals surface area contributed by atoms with Gasteiger partial charge in [0.05, 0.1) is 6.54 Å². The summed E-state index contributed by atoms with van der Waals surface area (Å²) in [6.07, 6.45) is 2.62. The molecule has 1 saturated heterocycles. The second-order valence-electron chi connectivity index (χ2n) is 6.78. The molecule has 114 valence electrons. The van der Waals surface area contributed by atoms with Gasteiger partial charge in [0.1, 0.15) is 11.5 Å². The molecule has 2 unspecified atom stereocenters. The van der Waals surface area contributed by atoms with Gasteiger partial charge in [-0.3, -0.25) is 4.90 Å². The Morgan fingerprint density at radius 2 is 2.15 bits per heavy atom. The SMILES string of the molecule is Cc1oc(CN2CCC(C)CC2C)cc1CNC(C)C. The first-order chi connectivity index (χ1) is 9.45. The van der Waals surface area contributed by atoms with E-state index < -0.39 is 0 Å². The average molecular weight is 278 g/mol. The fourth-order valence-corrected chi connectivity index (χ4v) is 3.05. The van der Waals surface area contributed by atoms with E-state index in [4.69, 9.17) is 4.42 Å². The lowest BCUT2D eigenvalue weighted by Gasteiger charge is -2.35. The number of rotatable bonds is 5. The van der Waals surface area contributed by atoms with Gasteiger partial charge in [-0.25, -0.2) is 0 Å². The Morgan fingerprint density at radius 1 is 1.40 bits per heavy atom. The highest BCUT2D eigenvalue weighted by atomic mass is 16.3. The molecule has 3 nitrogen and oxygen atoms in total. The van der Waals surface area contributed by atoms with Crippen molar-refractivity contribution in [3.05, 3.63) is 23.2 Å². The molecule has 1 fully saturated rings. The third-order valence-corrected chi connectivity index (χ3v) is 4.41. The van der Waals surface area contributed by atoms with Crippen LogP contribution >= 0.6 is 0 Å². The van der Waals surface area contributed by atoms with E-state index in [-0.39, 0.29) is 0 Å². The van der Waals surface area contributed by atoms with E-state index in [1.165, 1.54) is 24.9 Å². The minimum atomic E-state index is 0.511. The Kier molecular flexibility index (Phi) is 5.28. The van der Waals surface area contributed by atoms with Crippen LogP contribution in [0, 0.1) is 12.8 Å². The summed E-state index contributed by atoms with van der Waals surface area (Å²) in [5.41, 5.74) is 1.30. The normalized spacial score (nSPS) is 24.5. The summed E-state index contributed by atoms with van der Waals surface area (Å²) < 4.78 is 5.94. The summed E-state index contributed by atoms with van der Waals surface area (Å²) >= 11 is 0. The molecule has 0 aromatic carbocycles. The smallest absolute Gasteiger partial charge is 0.118 e. The van der Waals surface area contributed by atoms with Crippen LogP contribution in [0.1, 0.15) is 57.6 Å². The molecule has 2 atom stereocenters. The van der Waals surface area contributed by atoms with Crippen LogP contribution in [-0.2, 0) is 13.1 Å². The van der Waals surface area contributed by atoms with Gasteiger partial charge in [0.25, 0.3) is 0 Å². The Balaban J connectivity index is 1.94. The zero-order valence-electron chi connectivity index (χ0n) is 13.7. The predicted molar refractivity (Wildman–Crippen MR) is 83.7 cm³/mol. The van der Waals surface area contributed by atoms with Crippen LogP contribution < -0.4 is 5.32 Å². The Bertz CT molecular complexity index is 425. The number of likely N-dealkylation sites (tertiary alicyclic amines) is 1. The molecule has 0 bridgehead atoms. The van der Waals surface area contributed by atoms with E-state index in [2.05, 4.69) is 50.9 Å². The van der Waals surface area contributed by atoms with Gasteiger partial charge in [0, 0.05) is 24.2 Å². The number of aryl methyl sites for hydroxylation is 1. The maximum atomic E-state index is 5.94. The molecule has 0 aliphatic carbocycles. The van der Waals surface area contributed by atoms with Crippen molar-refractivity contribution in [2.24, 2.45) is 5.92 Å². The first-order valence-corrected chi connectivity index (χ1v) is 8.01. The quantitative estimate of drug-likeness (QED) is 0.890. The van der Waals surface area contributed by atoms with Crippen molar-refractivity contribution in [2.45, 2.75) is 72.6 Å². The van der Waals surface area contributed by atoms with Crippen LogP contribution in [0.3, 0.4) is 0 Å². The van der Waals surface area contributed by atoms with E-state index >= 15 is 0 Å². The standard InChI is InChI=1S/C17H30N2O/c1-12(2)18-10-16-9-17(20-15(16)5)11-19-7-6-13(3)8-14(19)4/h9,12-14,18H,6-8,10-11H2,1-5H3. The van der Waals surface area contributed by atoms with Crippen LogP contribution in [0.5, 0.6) is 0 Å². The molecule has 2 rings (SSSR count). The second-order valence-corrected chi connectivity index (χ2v) is 6.78. The molecule has 0 amide bonds. The predicted octanol–water partition coefficient (Wildman–Crippen LogP) is 3.71. The van der Waals surface area contributed by atoms with Crippen molar-refractivity contribution in [1.82, 2.24) is 10.2 Å². The average Bonchev–Trinajstić information content (AvgIpc) is 2.71. The number of nitrogens with zero attached hydrogens (tertiary/aromatic N) is 1. The lowest BCUT2D eigenvalue weighted by Crippen LogP contribution is -2.39. The van der Waals surface area contributed by atoms with Crippen LogP contribution in [0.4, 0.5) is 0 Å². The zero-order chi connectivity index (χ0) is 14.7. The summed E-state index contributed by atoms with van der Waals surface area (Å²) in [5, 5.41) is 3.46. The number of piperidine rings is 1. The first-order valence-electron chi connectivity index (χ1n) is 8.01. The monoisotopic (exact) mass is 278 g/mol. The summed E-state index contributed by atoms with van der Waals surface area (Å²) in [5.74, 6) is 3.04. The molecule has 1 aromatic rings. The van der Waals surface area contributed by atoms with Gasteiger partial charge < -0.3 is 9.73 Å². The molecule has 1 aromatic heterocycles. The molecular formula is C17H30N2O. The van der Waals surface area contributed by atoms with Crippen molar-refractivity contribution in [3.8, 4) is 0 Å². The van der Waals surface area contributed by atoms with Crippen molar-refractivity contribution >= 4 is 0 Å². The number of furan rings is 1. The van der Waals surface area contributed by atoms with E-state index in [1.54, 1.807) is 0 Å². The fourth-order valence-electron chi connectivity index (χ4n) is 3.05. The van der Waals surface area contributed by atoms with Crippen LogP contribution in [-0.4, -0.2) is 23.5 Å². The summed E-state index contributed by atoms with van der Waals surface area (Å²) in [6, 6.07) is 3.41. The maximum Gasteiger partial charge on any atom is 0.118 e. The van der Waals surface area contributed by atoms with E-state index in [0.717, 1.165) is 30.5 Å². The fraction of sp³-hybridized carbons (Fsp3) is 0.765. The molecule has 1 aliphatic heterocycles. The molecule has 2 heterocycles. The van der Waals surface area contributed by atoms with Crippen molar-refractivity contribution in [2.75, 3.05) is 6.54 Å². The van der Waals surface area contributed by atoms with E-state index in [9.17, 15) is 0 Å². The van der Waals surface area contributed by atoms with Crippen molar-refractivity contribution in [1.29, 1.82) is 0 Å². The van der Waals surface area contributed by atoms with Crippen LogP contribution in [0.2, 0.25) is 0 Å². The van der Waals surface area contributed by atoms with Gasteiger partial charge in [-0.1, -0.05) is 20.8 Å². The molecule has 0 spiro atoms. The summed E-state index contributed by atoms with van der Waals surface area (Å²) in [6.45, 7) is 14.2. The number of hydrogen-bond acceptors (Lipinski definition) is 3. The molecule has 0 saturated carbocycles. The van der Waals surface area contributed by atoms with E-state index in [0.29, 0.717) is 12.1 Å². The zero-order valence-corrected chi connectivity index (χ0v) is 13.7. The lowest BCUT2D eigenvalue weighted by molar-refractivity contribution is 0.113. The first kappa shape index (κ1) is 15.6. The summed E-state index contributed by atoms with van der Waals surface area (Å²) in [7, 11) is 0. The molecule has 3 heteroatoms. The van der Waals surface area contributed by atoms with Crippen LogP contribution in [0.25, 0.3) is 0 Å². The third kappa shape index (κ3) is 4.10. The van der Waals surface area contributed by atoms with Gasteiger partial charge in [-0.05, 0) is 45.2 Å². The van der Waals surface area contributed by atoms with E-state index in [1.807, 2.05) is 0 Å². The number of nitrogens with one attached hydrogen (secondary N) is 1. The van der Waals surface area contributed by atoms with Crippen molar-refractivity contribution < 1.29 is 4.42 Å². The minimum Gasteiger partial charge on any atom is -0.465 e. The van der Waals surface area contributed by atoms with Gasteiger partial charge >= 0.3 is 0 Å². The molecule has 1 N–H and O–H groups in total. The molecule has 0 radical (unpaired) electrons. The Morgan fingerprint density at radius 3 is 2.80 bits per heavy atom. The van der Waals surface area contributed by atoms with Gasteiger partial charge in [-0.15, -0.1) is 0 Å². The Hall–Kier alpha value is -0.800. The maximum absolute atomic E-state index is 5.94. The molecular weight excluding hydrogens is 248 g/mol. The Labute approximate surface area is 123 Å². The summed E-state index contributed by atoms with van der Waals surface area (Å²) in [4.78, 5) is 2.55. The molecule has 20 heavy (non-hydrogen) atoms. The van der Waals surface area contributed by atoms with Crippen LogP contribution in [0.15, 0.2) is 10.5 Å². The second kappa shape index (κ2) is 6.77. The van der Waals surface area contributed by atoms with Gasteiger partial charge in [0.2, 0.25) is 0 Å². The molecule has 1 aliphatic rings. The third-order valence-electron chi connectivity index (χ3n) is 4.41. The van der Waals surface area contributed by atoms with Crippen molar-refractivity contribution in [3.63, 3.8) is 0 Å². The minimum absolute atomic E-state index is 0.511. The topological polar surface area (TPSA) is 28.4 Å². The highest BCUT2D eigenvalue weighted by Crippen LogP contribution is 2.25. The largest absolute Gasteiger partial charge is 0.465 e. The number of hydrogen-bond donors (Lipinski definition) is 1. The lowest BCUT2D eigenvalue weighted by atomic mass is 9.93. The highest BCUT2D eigenvalue weighted by molar-refractivity contribution is 5.20.